The fourth-order valence-electron chi connectivity index (χ4n) is 2.08. The molecule has 0 bridgehead atoms. The van der Waals surface area contributed by atoms with Crippen LogP contribution in [0.1, 0.15) is 12.0 Å². The van der Waals surface area contributed by atoms with Gasteiger partial charge in [-0.3, -0.25) is 4.79 Å². The first-order valence-corrected chi connectivity index (χ1v) is 6.17. The van der Waals surface area contributed by atoms with Gasteiger partial charge in [0.15, 0.2) is 0 Å². The first-order valence-electron chi connectivity index (χ1n) is 4.98. The van der Waals surface area contributed by atoms with Crippen LogP contribution in [0.5, 0.6) is 0 Å². The zero-order chi connectivity index (χ0) is 12.6. The van der Waals surface area contributed by atoms with E-state index in [0.717, 1.165) is 0 Å². The maximum atomic E-state index is 11.4. The van der Waals surface area contributed by atoms with Gasteiger partial charge in [-0.1, -0.05) is 46.9 Å². The lowest BCUT2D eigenvalue weighted by molar-refractivity contribution is -0.140. The summed E-state index contributed by atoms with van der Waals surface area (Å²) in [6.07, 6.45) is 2.22. The summed E-state index contributed by atoms with van der Waals surface area (Å²) in [5.74, 6) is -0.953. The van der Waals surface area contributed by atoms with Crippen LogP contribution in [-0.2, 0) is 10.2 Å². The van der Waals surface area contributed by atoms with Gasteiger partial charge in [-0.05, 0) is 30.0 Å². The molecule has 90 valence electrons. The molecule has 1 N–H and O–H groups in total. The number of carboxylic acids is 1. The number of rotatable bonds is 3. The summed E-state index contributed by atoms with van der Waals surface area (Å²) >= 11 is 17.2. The molecule has 1 aliphatic rings. The molecule has 1 aliphatic carbocycles. The summed E-state index contributed by atoms with van der Waals surface area (Å²) in [4.78, 5) is 11.4. The summed E-state index contributed by atoms with van der Waals surface area (Å²) in [5, 5.41) is 10.1. The van der Waals surface area contributed by atoms with E-state index in [1.54, 1.807) is 24.3 Å². The van der Waals surface area contributed by atoms with Crippen molar-refractivity contribution in [2.24, 2.45) is 5.92 Å². The second-order valence-corrected chi connectivity index (χ2v) is 5.10. The lowest BCUT2D eigenvalue weighted by Gasteiger charge is -2.12. The minimum absolute atomic E-state index is 0.0882. The largest absolute Gasteiger partial charge is 0.481 e. The summed E-state index contributed by atoms with van der Waals surface area (Å²) in [6.45, 7) is 0. The van der Waals surface area contributed by atoms with Crippen LogP contribution in [0.4, 0.5) is 0 Å². The predicted molar refractivity (Wildman–Crippen MR) is 68.9 cm³/mol. The van der Waals surface area contributed by atoms with E-state index in [1.165, 1.54) is 5.54 Å². The van der Waals surface area contributed by atoms with Gasteiger partial charge in [0.25, 0.3) is 0 Å². The average Bonchev–Trinajstić information content (AvgIpc) is 2.98. The van der Waals surface area contributed by atoms with E-state index in [9.17, 15) is 9.90 Å². The van der Waals surface area contributed by atoms with E-state index in [0.29, 0.717) is 22.0 Å². The Kier molecular flexibility index (Phi) is 3.39. The van der Waals surface area contributed by atoms with Gasteiger partial charge in [-0.25, -0.2) is 0 Å². The molecule has 1 aromatic carbocycles. The molecule has 2 rings (SSSR count). The van der Waals surface area contributed by atoms with Crippen molar-refractivity contribution in [2.45, 2.75) is 11.8 Å². The van der Waals surface area contributed by atoms with Gasteiger partial charge in [-0.2, -0.15) is 0 Å². The number of allylic oxidation sites excluding steroid dienone is 1. The van der Waals surface area contributed by atoms with E-state index < -0.39 is 11.4 Å². The number of aliphatic carboxylic acids is 1. The molecule has 0 aromatic heterocycles. The zero-order valence-electron chi connectivity index (χ0n) is 8.66. The van der Waals surface area contributed by atoms with Gasteiger partial charge in [0.2, 0.25) is 0 Å². The van der Waals surface area contributed by atoms with Crippen LogP contribution in [0.3, 0.4) is 0 Å². The molecule has 5 heteroatoms. The molecule has 1 fully saturated rings. The highest BCUT2D eigenvalue weighted by Gasteiger charge is 2.60. The number of hydrogen-bond acceptors (Lipinski definition) is 1. The van der Waals surface area contributed by atoms with Gasteiger partial charge in [0.1, 0.15) is 0 Å². The molecule has 1 aromatic rings. The summed E-state index contributed by atoms with van der Waals surface area (Å²) < 4.78 is 0. The Balaban J connectivity index is 2.42. The Morgan fingerprint density at radius 2 is 2.12 bits per heavy atom. The lowest BCUT2D eigenvalue weighted by atomic mass is 9.93. The normalized spacial score (nSPS) is 27.4. The maximum Gasteiger partial charge on any atom is 0.314 e. The molecule has 1 saturated carbocycles. The van der Waals surface area contributed by atoms with Gasteiger partial charge in [0.05, 0.1) is 15.5 Å². The Hall–Kier alpha value is -0.700. The van der Waals surface area contributed by atoms with Crippen LogP contribution in [0.25, 0.3) is 0 Å². The van der Waals surface area contributed by atoms with E-state index in [2.05, 4.69) is 0 Å². The number of carboxylic acid groups (broad SMARTS) is 1. The third kappa shape index (κ3) is 2.05. The monoisotopic (exact) mass is 290 g/mol. The van der Waals surface area contributed by atoms with Crippen LogP contribution in [0, 0.1) is 5.92 Å². The number of benzene rings is 1. The molecule has 0 unspecified atom stereocenters. The molecule has 0 radical (unpaired) electrons. The van der Waals surface area contributed by atoms with Crippen molar-refractivity contribution in [2.75, 3.05) is 0 Å². The first kappa shape index (κ1) is 12.7. The van der Waals surface area contributed by atoms with E-state index in [4.69, 9.17) is 34.8 Å². The molecule has 0 aliphatic heterocycles. The quantitative estimate of drug-likeness (QED) is 0.911. The highest BCUT2D eigenvalue weighted by atomic mass is 35.5. The van der Waals surface area contributed by atoms with Gasteiger partial charge in [0, 0.05) is 5.54 Å². The summed E-state index contributed by atoms with van der Waals surface area (Å²) in [7, 11) is 0. The van der Waals surface area contributed by atoms with Gasteiger partial charge >= 0.3 is 5.97 Å². The van der Waals surface area contributed by atoms with E-state index in [1.807, 2.05) is 0 Å². The third-order valence-electron chi connectivity index (χ3n) is 3.14. The molecular weight excluding hydrogens is 282 g/mol. The fraction of sp³-hybridized carbons (Fsp3) is 0.250. The predicted octanol–water partition coefficient (Wildman–Crippen LogP) is 4.09. The first-order chi connectivity index (χ1) is 8.02. The standard InChI is InChI=1S/C12H9Cl3O2/c13-4-3-8-6-12(8,11(16)17)7-1-2-9(14)10(15)5-7/h1-5,8H,6H2,(H,16,17)/t8-,12-/m1/s1. The van der Waals surface area contributed by atoms with Crippen molar-refractivity contribution < 1.29 is 9.90 Å². The summed E-state index contributed by atoms with van der Waals surface area (Å²) in [6, 6.07) is 4.92. The molecule has 2 atom stereocenters. The van der Waals surface area contributed by atoms with E-state index >= 15 is 0 Å². The Labute approximate surface area is 114 Å². The molecule has 2 nitrogen and oxygen atoms in total. The van der Waals surface area contributed by atoms with Crippen molar-refractivity contribution in [1.29, 1.82) is 0 Å². The average molecular weight is 292 g/mol. The molecule has 0 saturated heterocycles. The lowest BCUT2D eigenvalue weighted by Crippen LogP contribution is -2.22. The van der Waals surface area contributed by atoms with Crippen LogP contribution in [0.15, 0.2) is 29.8 Å². The number of halogens is 3. The van der Waals surface area contributed by atoms with Crippen molar-refractivity contribution >= 4 is 40.8 Å². The van der Waals surface area contributed by atoms with Gasteiger partial charge < -0.3 is 5.11 Å². The second kappa shape index (κ2) is 4.52. The number of carbonyl (C=O) groups is 1. The Bertz CT molecular complexity index is 499. The van der Waals surface area contributed by atoms with E-state index in [-0.39, 0.29) is 5.92 Å². The Morgan fingerprint density at radius 1 is 1.41 bits per heavy atom. The molecule has 0 spiro atoms. The third-order valence-corrected chi connectivity index (χ3v) is 4.02. The summed E-state index contributed by atoms with van der Waals surface area (Å²) in [5.41, 5.74) is 1.12. The SMILES string of the molecule is O=C(O)[C@@]1(c2ccc(Cl)c(Cl)c2)C[C@H]1C=CCl. The minimum atomic E-state index is -0.903. The fourth-order valence-corrected chi connectivity index (χ4v) is 2.56. The maximum absolute atomic E-state index is 11.4. The van der Waals surface area contributed by atoms with Crippen LogP contribution in [0.2, 0.25) is 10.0 Å². The molecule has 0 amide bonds. The second-order valence-electron chi connectivity index (χ2n) is 4.03. The van der Waals surface area contributed by atoms with Gasteiger partial charge in [-0.15, -0.1) is 0 Å². The van der Waals surface area contributed by atoms with Crippen molar-refractivity contribution in [3.05, 3.63) is 45.4 Å². The highest BCUT2D eigenvalue weighted by molar-refractivity contribution is 6.42. The van der Waals surface area contributed by atoms with Crippen LogP contribution < -0.4 is 0 Å². The minimum Gasteiger partial charge on any atom is -0.481 e. The van der Waals surface area contributed by atoms with Crippen LogP contribution in [-0.4, -0.2) is 11.1 Å². The smallest absolute Gasteiger partial charge is 0.314 e. The van der Waals surface area contributed by atoms with Crippen molar-refractivity contribution in [3.63, 3.8) is 0 Å². The highest BCUT2D eigenvalue weighted by Crippen LogP contribution is 2.56. The zero-order valence-corrected chi connectivity index (χ0v) is 10.9. The van der Waals surface area contributed by atoms with Crippen LogP contribution >= 0.6 is 34.8 Å². The Morgan fingerprint density at radius 3 is 2.65 bits per heavy atom. The number of hydrogen-bond donors (Lipinski definition) is 1. The van der Waals surface area contributed by atoms with Crippen molar-refractivity contribution in [1.82, 2.24) is 0 Å². The van der Waals surface area contributed by atoms with Crippen molar-refractivity contribution in [3.8, 4) is 0 Å². The molecular formula is C12H9Cl3O2. The molecule has 0 heterocycles. The topological polar surface area (TPSA) is 37.3 Å². The molecule has 17 heavy (non-hydrogen) atoms.